The Morgan fingerprint density at radius 1 is 0.615 bits per heavy atom. The Morgan fingerprint density at radius 2 is 1.12 bits per heavy atom. The topological polar surface area (TPSA) is 0 Å². The molecule has 3 aromatic rings. The zero-order chi connectivity index (χ0) is 18.1. The molecule has 0 N–H and O–H groups in total. The van der Waals surface area contributed by atoms with Crippen molar-refractivity contribution in [3.63, 3.8) is 0 Å². The molecule has 128 valence electrons. The smallest absolute Gasteiger partial charge is 0.166 e. The van der Waals surface area contributed by atoms with Crippen molar-refractivity contribution in [1.29, 1.82) is 0 Å². The largest absolute Gasteiger partial charge is 0.416 e. The van der Waals surface area contributed by atoms with Crippen LogP contribution in [0.25, 0.3) is 23.8 Å². The zero-order valence-electron chi connectivity index (χ0n) is 13.8. The maximum Gasteiger partial charge on any atom is 0.416 e. The molecule has 0 saturated heterocycles. The van der Waals surface area contributed by atoms with Gasteiger partial charge in [0.15, 0.2) is 0 Å². The third kappa shape index (κ3) is 3.08. The molecule has 3 heteroatoms. The fraction of sp³-hybridized carbons (Fsp3) is 0.0435. The Bertz CT molecular complexity index is 955. The second-order valence-corrected chi connectivity index (χ2v) is 6.19. The van der Waals surface area contributed by atoms with E-state index in [1.807, 2.05) is 54.6 Å². The lowest BCUT2D eigenvalue weighted by Gasteiger charge is -2.12. The quantitative estimate of drug-likeness (QED) is 0.356. The third-order valence-electron chi connectivity index (χ3n) is 4.49. The van der Waals surface area contributed by atoms with Gasteiger partial charge in [0.1, 0.15) is 0 Å². The first-order chi connectivity index (χ1) is 12.5. The molecule has 0 radical (unpaired) electrons. The predicted molar refractivity (Wildman–Crippen MR) is 100 cm³/mol. The maximum atomic E-state index is 12.8. The first-order valence-electron chi connectivity index (χ1n) is 8.28. The lowest BCUT2D eigenvalue weighted by Crippen LogP contribution is -2.04. The van der Waals surface area contributed by atoms with Crippen molar-refractivity contribution in [3.8, 4) is 0 Å². The van der Waals surface area contributed by atoms with Gasteiger partial charge in [-0.25, -0.2) is 0 Å². The van der Waals surface area contributed by atoms with Crippen molar-refractivity contribution < 1.29 is 13.2 Å². The highest BCUT2D eigenvalue weighted by atomic mass is 19.4. The van der Waals surface area contributed by atoms with Crippen LogP contribution in [0.15, 0.2) is 72.8 Å². The van der Waals surface area contributed by atoms with Gasteiger partial charge in [-0.05, 0) is 51.6 Å². The summed E-state index contributed by atoms with van der Waals surface area (Å²) in [6.07, 6.45) is 1.77. The summed E-state index contributed by atoms with van der Waals surface area (Å²) in [6, 6.07) is 21.3. The van der Waals surface area contributed by atoms with Crippen LogP contribution in [0.4, 0.5) is 13.2 Å². The van der Waals surface area contributed by atoms with Crippen LogP contribution in [0, 0.1) is 0 Å². The fourth-order valence-corrected chi connectivity index (χ4v) is 3.19. The van der Waals surface area contributed by atoms with Gasteiger partial charge in [-0.1, -0.05) is 72.8 Å². The predicted octanol–water partition coefficient (Wildman–Crippen LogP) is 6.78. The lowest BCUT2D eigenvalue weighted by molar-refractivity contribution is -0.137. The van der Waals surface area contributed by atoms with Crippen molar-refractivity contribution in [2.45, 2.75) is 6.18 Å². The average Bonchev–Trinajstić information content (AvgIpc) is 2.79. The van der Waals surface area contributed by atoms with Crippen molar-refractivity contribution in [2.75, 3.05) is 0 Å². The van der Waals surface area contributed by atoms with Gasteiger partial charge in [0.25, 0.3) is 0 Å². The van der Waals surface area contributed by atoms with Crippen molar-refractivity contribution in [1.82, 2.24) is 0 Å². The van der Waals surface area contributed by atoms with Gasteiger partial charge in [0.05, 0.1) is 5.56 Å². The summed E-state index contributed by atoms with van der Waals surface area (Å²) in [6.45, 7) is 0. The minimum absolute atomic E-state index is 0.636. The minimum Gasteiger partial charge on any atom is -0.166 e. The molecule has 4 rings (SSSR count). The standard InChI is InChI=1S/C23H15F3/c24-23(25,26)19-13-9-16(10-14-19)15-22-20-7-3-1-5-17(20)11-12-18-6-2-4-8-21(18)22/h1-15H. The molecule has 0 spiro atoms. The lowest BCUT2D eigenvalue weighted by atomic mass is 9.92. The molecule has 0 aliphatic heterocycles. The molecular formula is C23H15F3. The Morgan fingerprint density at radius 3 is 1.62 bits per heavy atom. The van der Waals surface area contributed by atoms with Crippen molar-refractivity contribution in [2.24, 2.45) is 0 Å². The van der Waals surface area contributed by atoms with Crippen LogP contribution in [0.1, 0.15) is 33.4 Å². The van der Waals surface area contributed by atoms with E-state index in [-0.39, 0.29) is 0 Å². The van der Waals surface area contributed by atoms with Crippen molar-refractivity contribution in [3.05, 3.63) is 106 Å². The monoisotopic (exact) mass is 348 g/mol. The number of halogens is 3. The highest BCUT2D eigenvalue weighted by Gasteiger charge is 2.29. The van der Waals surface area contributed by atoms with Crippen LogP contribution in [0.3, 0.4) is 0 Å². The molecule has 1 aliphatic carbocycles. The van der Waals surface area contributed by atoms with Crippen LogP contribution < -0.4 is 0 Å². The molecule has 0 unspecified atom stereocenters. The molecule has 0 amide bonds. The van der Waals surface area contributed by atoms with E-state index in [9.17, 15) is 13.2 Å². The molecule has 0 aromatic heterocycles. The third-order valence-corrected chi connectivity index (χ3v) is 4.49. The number of hydrogen-bond acceptors (Lipinski definition) is 0. The minimum atomic E-state index is -4.32. The number of benzene rings is 3. The number of rotatable bonds is 1. The van der Waals surface area contributed by atoms with Crippen LogP contribution in [-0.2, 0) is 6.18 Å². The van der Waals surface area contributed by atoms with Crippen LogP contribution in [0.5, 0.6) is 0 Å². The molecular weight excluding hydrogens is 333 g/mol. The van der Waals surface area contributed by atoms with E-state index >= 15 is 0 Å². The molecule has 0 nitrogen and oxygen atoms in total. The molecule has 3 aromatic carbocycles. The highest BCUT2D eigenvalue weighted by Crippen LogP contribution is 2.35. The summed E-state index contributed by atoms with van der Waals surface area (Å²) in [4.78, 5) is 0. The van der Waals surface area contributed by atoms with E-state index in [2.05, 4.69) is 12.2 Å². The number of alkyl halides is 3. The Labute approximate surface area is 149 Å². The summed E-state index contributed by atoms with van der Waals surface area (Å²) in [5.74, 6) is 0. The molecule has 0 heterocycles. The van der Waals surface area contributed by atoms with Gasteiger partial charge in [-0.3, -0.25) is 0 Å². The summed E-state index contributed by atoms with van der Waals surface area (Å²) in [5.41, 5.74) is 5.40. The molecule has 0 atom stereocenters. The Balaban J connectivity index is 1.87. The first-order valence-corrected chi connectivity index (χ1v) is 8.28. The Hall–Kier alpha value is -3.07. The molecule has 0 bridgehead atoms. The van der Waals surface area contributed by atoms with E-state index < -0.39 is 11.7 Å². The first kappa shape index (κ1) is 16.4. The number of hydrogen-bond donors (Lipinski definition) is 0. The maximum absolute atomic E-state index is 12.8. The van der Waals surface area contributed by atoms with E-state index in [1.165, 1.54) is 12.1 Å². The van der Waals surface area contributed by atoms with Crippen LogP contribution in [0.2, 0.25) is 0 Å². The fourth-order valence-electron chi connectivity index (χ4n) is 3.19. The SMILES string of the molecule is FC(F)(F)c1ccc(C=C2c3ccccc3C=Cc3ccccc32)cc1. The Kier molecular flexibility index (Phi) is 4.00. The summed E-state index contributed by atoms with van der Waals surface area (Å²) in [7, 11) is 0. The molecule has 0 saturated carbocycles. The summed E-state index contributed by atoms with van der Waals surface area (Å²) in [5, 5.41) is 0. The van der Waals surface area contributed by atoms with E-state index in [0.717, 1.165) is 45.5 Å². The second-order valence-electron chi connectivity index (χ2n) is 6.19. The van der Waals surface area contributed by atoms with E-state index in [1.54, 1.807) is 0 Å². The average molecular weight is 348 g/mol. The van der Waals surface area contributed by atoms with Gasteiger partial charge in [-0.15, -0.1) is 0 Å². The zero-order valence-corrected chi connectivity index (χ0v) is 13.8. The molecule has 26 heavy (non-hydrogen) atoms. The van der Waals surface area contributed by atoms with Crippen LogP contribution in [-0.4, -0.2) is 0 Å². The van der Waals surface area contributed by atoms with Gasteiger partial charge in [0, 0.05) is 0 Å². The van der Waals surface area contributed by atoms with Gasteiger partial charge in [-0.2, -0.15) is 13.2 Å². The van der Waals surface area contributed by atoms with E-state index in [0.29, 0.717) is 0 Å². The van der Waals surface area contributed by atoms with Crippen molar-refractivity contribution >= 4 is 23.8 Å². The second kappa shape index (κ2) is 6.34. The van der Waals surface area contributed by atoms with Gasteiger partial charge >= 0.3 is 6.18 Å². The normalized spacial score (nSPS) is 13.0. The van der Waals surface area contributed by atoms with Gasteiger partial charge in [0.2, 0.25) is 0 Å². The highest BCUT2D eigenvalue weighted by molar-refractivity contribution is 5.99. The van der Waals surface area contributed by atoms with E-state index in [4.69, 9.17) is 0 Å². The molecule has 0 fully saturated rings. The summed E-state index contributed by atoms with van der Waals surface area (Å²) < 4.78 is 38.4. The van der Waals surface area contributed by atoms with Crippen LogP contribution >= 0.6 is 0 Å². The number of fused-ring (bicyclic) bond motifs is 2. The summed E-state index contributed by atoms with van der Waals surface area (Å²) >= 11 is 0. The van der Waals surface area contributed by atoms with Gasteiger partial charge < -0.3 is 0 Å². The molecule has 1 aliphatic rings.